The maximum atomic E-state index is 9.59. The Kier molecular flexibility index (Phi) is 6.27. The molecule has 2 fully saturated rings. The topological polar surface area (TPSA) is 67.5 Å². The van der Waals surface area contributed by atoms with Gasteiger partial charge < -0.3 is 20.9 Å². The van der Waals surface area contributed by atoms with E-state index in [4.69, 9.17) is 10.5 Å². The van der Waals surface area contributed by atoms with Crippen LogP contribution >= 0.6 is 0 Å². The smallest absolute Gasteiger partial charge is 0.0593 e. The molecule has 20 heavy (non-hydrogen) atoms. The minimum atomic E-state index is 0.0213. The van der Waals surface area contributed by atoms with Gasteiger partial charge in [-0.3, -0.25) is 0 Å². The third-order valence-corrected chi connectivity index (χ3v) is 5.19. The molecule has 0 amide bonds. The number of nitrogens with two attached hydrogens (primary N) is 1. The molecule has 1 aliphatic carbocycles. The molecule has 2 rings (SSSR count). The maximum absolute atomic E-state index is 9.59. The van der Waals surface area contributed by atoms with Crippen molar-refractivity contribution in [3.63, 3.8) is 0 Å². The first-order valence-electron chi connectivity index (χ1n) is 8.43. The van der Waals surface area contributed by atoms with E-state index in [2.05, 4.69) is 12.2 Å². The molecule has 0 aromatic rings. The summed E-state index contributed by atoms with van der Waals surface area (Å²) >= 11 is 0. The number of rotatable bonds is 6. The van der Waals surface area contributed by atoms with Crippen molar-refractivity contribution in [1.29, 1.82) is 0 Å². The lowest BCUT2D eigenvalue weighted by atomic mass is 9.79. The van der Waals surface area contributed by atoms with Gasteiger partial charge >= 0.3 is 0 Å². The summed E-state index contributed by atoms with van der Waals surface area (Å²) in [6.07, 6.45) is 9.48. The Morgan fingerprint density at radius 2 is 2.15 bits per heavy atom. The van der Waals surface area contributed by atoms with Crippen molar-refractivity contribution >= 4 is 0 Å². The van der Waals surface area contributed by atoms with Gasteiger partial charge in [0.25, 0.3) is 0 Å². The summed E-state index contributed by atoms with van der Waals surface area (Å²) in [4.78, 5) is 0. The Morgan fingerprint density at radius 3 is 2.85 bits per heavy atom. The maximum Gasteiger partial charge on any atom is 0.0593 e. The molecule has 1 saturated heterocycles. The highest BCUT2D eigenvalue weighted by Crippen LogP contribution is 2.31. The molecule has 4 atom stereocenters. The molecule has 1 heterocycles. The van der Waals surface area contributed by atoms with Gasteiger partial charge in [0.15, 0.2) is 0 Å². The predicted molar refractivity (Wildman–Crippen MR) is 81.6 cm³/mol. The highest BCUT2D eigenvalue weighted by molar-refractivity contribution is 4.98. The number of aliphatic hydroxyl groups excluding tert-OH is 1. The molecular weight excluding hydrogens is 252 g/mol. The average Bonchev–Trinajstić information content (AvgIpc) is 2.48. The van der Waals surface area contributed by atoms with Crippen molar-refractivity contribution in [2.24, 2.45) is 11.7 Å². The molecule has 4 nitrogen and oxygen atoms in total. The van der Waals surface area contributed by atoms with E-state index in [0.29, 0.717) is 31.2 Å². The molecular formula is C16H32N2O2. The zero-order valence-corrected chi connectivity index (χ0v) is 12.9. The van der Waals surface area contributed by atoms with Crippen LogP contribution in [0.4, 0.5) is 0 Å². The van der Waals surface area contributed by atoms with E-state index in [0.717, 1.165) is 38.7 Å². The summed E-state index contributed by atoms with van der Waals surface area (Å²) in [6, 6.07) is 0.428. The van der Waals surface area contributed by atoms with E-state index in [1.54, 1.807) is 0 Å². The van der Waals surface area contributed by atoms with Gasteiger partial charge in [-0.05, 0) is 38.0 Å². The molecule has 0 bridgehead atoms. The van der Waals surface area contributed by atoms with Gasteiger partial charge in [0.2, 0.25) is 0 Å². The molecule has 1 saturated carbocycles. The van der Waals surface area contributed by atoms with E-state index in [1.165, 1.54) is 19.3 Å². The number of nitrogens with one attached hydrogen (secondary N) is 1. The normalized spacial score (nSPS) is 38.9. The summed E-state index contributed by atoms with van der Waals surface area (Å²) < 4.78 is 5.87. The molecule has 4 unspecified atom stereocenters. The summed E-state index contributed by atoms with van der Waals surface area (Å²) in [5, 5.41) is 13.4. The van der Waals surface area contributed by atoms with Crippen LogP contribution in [0.15, 0.2) is 0 Å². The fourth-order valence-corrected chi connectivity index (χ4v) is 3.91. The van der Waals surface area contributed by atoms with Crippen molar-refractivity contribution < 1.29 is 9.84 Å². The number of aliphatic hydroxyl groups is 1. The van der Waals surface area contributed by atoms with Crippen LogP contribution in [-0.4, -0.2) is 42.5 Å². The fraction of sp³-hybridized carbons (Fsp3) is 1.00. The molecule has 4 N–H and O–H groups in total. The SMILES string of the molecule is CCCC1CC(CN)(NC2CCCCC2CO)CCO1. The van der Waals surface area contributed by atoms with Gasteiger partial charge in [0.1, 0.15) is 0 Å². The molecule has 0 aromatic heterocycles. The predicted octanol–water partition coefficient (Wildman–Crippen LogP) is 1.80. The largest absolute Gasteiger partial charge is 0.396 e. The average molecular weight is 284 g/mol. The van der Waals surface area contributed by atoms with Crippen LogP contribution in [0, 0.1) is 5.92 Å². The second kappa shape index (κ2) is 7.74. The molecule has 2 aliphatic rings. The minimum Gasteiger partial charge on any atom is -0.396 e. The van der Waals surface area contributed by atoms with E-state index in [-0.39, 0.29) is 5.54 Å². The lowest BCUT2D eigenvalue weighted by Gasteiger charge is -2.45. The first-order chi connectivity index (χ1) is 9.73. The first-order valence-corrected chi connectivity index (χ1v) is 8.43. The Hall–Kier alpha value is -0.160. The third-order valence-electron chi connectivity index (χ3n) is 5.19. The summed E-state index contributed by atoms with van der Waals surface area (Å²) in [5.41, 5.74) is 6.14. The molecule has 118 valence electrons. The van der Waals surface area contributed by atoms with Crippen molar-refractivity contribution in [1.82, 2.24) is 5.32 Å². The van der Waals surface area contributed by atoms with Gasteiger partial charge in [-0.1, -0.05) is 26.2 Å². The lowest BCUT2D eigenvalue weighted by molar-refractivity contribution is -0.0381. The fourth-order valence-electron chi connectivity index (χ4n) is 3.91. The van der Waals surface area contributed by atoms with Crippen molar-refractivity contribution in [2.45, 2.75) is 76.0 Å². The van der Waals surface area contributed by atoms with Gasteiger partial charge in [0, 0.05) is 31.3 Å². The Bertz CT molecular complexity index is 286. The second-order valence-corrected chi connectivity index (χ2v) is 6.70. The van der Waals surface area contributed by atoms with E-state index in [9.17, 15) is 5.11 Å². The van der Waals surface area contributed by atoms with Crippen LogP contribution in [0.2, 0.25) is 0 Å². The highest BCUT2D eigenvalue weighted by atomic mass is 16.5. The van der Waals surface area contributed by atoms with Gasteiger partial charge in [-0.25, -0.2) is 0 Å². The lowest BCUT2D eigenvalue weighted by Crippen LogP contribution is -2.61. The molecule has 0 aromatic carbocycles. The van der Waals surface area contributed by atoms with Crippen molar-refractivity contribution in [3.8, 4) is 0 Å². The monoisotopic (exact) mass is 284 g/mol. The standard InChI is InChI=1S/C16H32N2O2/c1-2-5-14-10-16(12-17,8-9-20-14)18-15-7-4-3-6-13(15)11-19/h13-15,18-19H,2-12,17H2,1H3. The zero-order valence-electron chi connectivity index (χ0n) is 12.9. The zero-order chi connectivity index (χ0) is 14.4. The number of ether oxygens (including phenoxy) is 1. The minimum absolute atomic E-state index is 0.0213. The van der Waals surface area contributed by atoms with Crippen LogP contribution in [0.25, 0.3) is 0 Å². The Balaban J connectivity index is 1.98. The van der Waals surface area contributed by atoms with Gasteiger partial charge in [0.05, 0.1) is 6.10 Å². The number of hydrogen-bond acceptors (Lipinski definition) is 4. The van der Waals surface area contributed by atoms with Crippen LogP contribution in [0.1, 0.15) is 58.3 Å². The summed E-state index contributed by atoms with van der Waals surface area (Å²) in [7, 11) is 0. The molecule has 0 spiro atoms. The number of hydrogen-bond donors (Lipinski definition) is 3. The van der Waals surface area contributed by atoms with Crippen LogP contribution < -0.4 is 11.1 Å². The first kappa shape index (κ1) is 16.2. The van der Waals surface area contributed by atoms with E-state index in [1.807, 2.05) is 0 Å². The van der Waals surface area contributed by atoms with Crippen LogP contribution in [0.5, 0.6) is 0 Å². The Labute approximate surface area is 123 Å². The van der Waals surface area contributed by atoms with Crippen molar-refractivity contribution in [2.75, 3.05) is 19.8 Å². The van der Waals surface area contributed by atoms with E-state index < -0.39 is 0 Å². The molecule has 0 radical (unpaired) electrons. The van der Waals surface area contributed by atoms with Gasteiger partial charge in [-0.15, -0.1) is 0 Å². The van der Waals surface area contributed by atoms with Crippen molar-refractivity contribution in [3.05, 3.63) is 0 Å². The summed E-state index contributed by atoms with van der Waals surface area (Å²) in [6.45, 7) is 3.99. The molecule has 4 heteroatoms. The van der Waals surface area contributed by atoms with Crippen LogP contribution in [0.3, 0.4) is 0 Å². The molecule has 1 aliphatic heterocycles. The Morgan fingerprint density at radius 1 is 1.35 bits per heavy atom. The van der Waals surface area contributed by atoms with Gasteiger partial charge in [-0.2, -0.15) is 0 Å². The van der Waals surface area contributed by atoms with E-state index >= 15 is 0 Å². The summed E-state index contributed by atoms with van der Waals surface area (Å²) in [5.74, 6) is 0.402. The third kappa shape index (κ3) is 3.94. The highest BCUT2D eigenvalue weighted by Gasteiger charge is 2.39. The van der Waals surface area contributed by atoms with Crippen LogP contribution in [-0.2, 0) is 4.74 Å². The quantitative estimate of drug-likeness (QED) is 0.696. The second-order valence-electron chi connectivity index (χ2n) is 6.70.